The van der Waals surface area contributed by atoms with Crippen molar-refractivity contribution in [2.75, 3.05) is 7.11 Å². The van der Waals surface area contributed by atoms with Gasteiger partial charge in [-0.25, -0.2) is 9.59 Å². The predicted molar refractivity (Wildman–Crippen MR) is 131 cm³/mol. The zero-order valence-corrected chi connectivity index (χ0v) is 20.5. The van der Waals surface area contributed by atoms with Crippen LogP contribution in [0.4, 0.5) is 10.5 Å². The second kappa shape index (κ2) is 10.7. The Morgan fingerprint density at radius 1 is 1.19 bits per heavy atom. The van der Waals surface area contributed by atoms with Gasteiger partial charge in [0, 0.05) is 27.2 Å². The predicted octanol–water partition coefficient (Wildman–Crippen LogP) is 4.95. The molecule has 3 amide bonds. The van der Waals surface area contributed by atoms with Crippen LogP contribution < -0.4 is 10.1 Å². The molecule has 1 N–H and O–H groups in total. The molecule has 11 nitrogen and oxygen atoms in total. The third-order valence-corrected chi connectivity index (χ3v) is 5.82. The second-order valence-corrected chi connectivity index (χ2v) is 8.46. The summed E-state index contributed by atoms with van der Waals surface area (Å²) in [6.45, 7) is -0.378. The van der Waals surface area contributed by atoms with E-state index in [2.05, 4.69) is 10.1 Å². The first-order chi connectivity index (χ1) is 17.7. The molecule has 3 aromatic rings. The minimum absolute atomic E-state index is 0.0838. The first kappa shape index (κ1) is 25.7. The Morgan fingerprint density at radius 3 is 2.68 bits per heavy atom. The molecule has 0 spiro atoms. The number of nitrogens with zero attached hydrogens (tertiary/aromatic N) is 2. The number of methoxy groups -OCH3 is 1. The summed E-state index contributed by atoms with van der Waals surface area (Å²) in [6.07, 6.45) is 1.27. The van der Waals surface area contributed by atoms with Gasteiger partial charge in [0.15, 0.2) is 0 Å². The number of urea groups is 1. The van der Waals surface area contributed by atoms with Crippen LogP contribution in [0.15, 0.2) is 58.6 Å². The number of halogens is 2. The quantitative estimate of drug-likeness (QED) is 0.138. The van der Waals surface area contributed by atoms with Crippen molar-refractivity contribution >= 4 is 52.9 Å². The van der Waals surface area contributed by atoms with Gasteiger partial charge in [0.25, 0.3) is 5.91 Å². The molecule has 1 saturated heterocycles. The van der Waals surface area contributed by atoms with E-state index in [0.717, 1.165) is 4.90 Å². The van der Waals surface area contributed by atoms with E-state index in [4.69, 9.17) is 32.4 Å². The van der Waals surface area contributed by atoms with E-state index >= 15 is 0 Å². The molecule has 37 heavy (non-hydrogen) atoms. The molecule has 1 fully saturated rings. The fraction of sp³-hybridized carbons (Fsp3) is 0.125. The van der Waals surface area contributed by atoms with E-state index in [1.54, 1.807) is 12.1 Å². The van der Waals surface area contributed by atoms with Gasteiger partial charge in [-0.05, 0) is 30.3 Å². The smallest absolute Gasteiger partial charge is 0.373 e. The van der Waals surface area contributed by atoms with Gasteiger partial charge < -0.3 is 19.2 Å². The Labute approximate surface area is 219 Å². The van der Waals surface area contributed by atoms with Gasteiger partial charge in [-0.15, -0.1) is 0 Å². The highest BCUT2D eigenvalue weighted by atomic mass is 35.5. The fourth-order valence-corrected chi connectivity index (χ4v) is 3.91. The van der Waals surface area contributed by atoms with Crippen LogP contribution in [0.1, 0.15) is 27.4 Å². The standard InChI is InChI=1S/C24H17Cl2N3O8/c1-35-23(31)20-8-7-16(37-20)11-28-22(30)18(27-24(28)32)9-13-3-2-4-19(29(33)34)21(13)36-12-14-5-6-15(25)10-17(14)26/h2-10H,11-12H2,1H3,(H,27,32)/b18-9-. The molecule has 2 aromatic carbocycles. The number of furan rings is 1. The lowest BCUT2D eigenvalue weighted by Gasteiger charge is -2.11. The van der Waals surface area contributed by atoms with Crippen LogP contribution in [0.5, 0.6) is 5.75 Å². The van der Waals surface area contributed by atoms with Crippen molar-refractivity contribution in [1.82, 2.24) is 10.2 Å². The summed E-state index contributed by atoms with van der Waals surface area (Å²) >= 11 is 12.1. The van der Waals surface area contributed by atoms with Crippen LogP contribution in [0.3, 0.4) is 0 Å². The Hall–Kier alpha value is -4.35. The van der Waals surface area contributed by atoms with Gasteiger partial charge in [-0.1, -0.05) is 41.4 Å². The van der Waals surface area contributed by atoms with Crippen molar-refractivity contribution in [3.63, 3.8) is 0 Å². The van der Waals surface area contributed by atoms with Crippen molar-refractivity contribution in [2.45, 2.75) is 13.2 Å². The van der Waals surface area contributed by atoms with E-state index in [1.165, 1.54) is 49.6 Å². The van der Waals surface area contributed by atoms with Crippen LogP contribution in [-0.4, -0.2) is 34.8 Å². The van der Waals surface area contributed by atoms with E-state index in [0.29, 0.717) is 15.6 Å². The molecule has 13 heteroatoms. The maximum absolute atomic E-state index is 12.9. The fourth-order valence-electron chi connectivity index (χ4n) is 3.45. The molecule has 190 valence electrons. The molecule has 0 atom stereocenters. The van der Waals surface area contributed by atoms with Crippen LogP contribution in [0, 0.1) is 10.1 Å². The number of nitro benzene ring substituents is 1. The second-order valence-electron chi connectivity index (χ2n) is 7.61. The highest BCUT2D eigenvalue weighted by Gasteiger charge is 2.35. The molecular formula is C24H17Cl2N3O8. The zero-order valence-electron chi connectivity index (χ0n) is 19.0. The third-order valence-electron chi connectivity index (χ3n) is 5.23. The van der Waals surface area contributed by atoms with E-state index in [9.17, 15) is 24.5 Å². The van der Waals surface area contributed by atoms with Gasteiger partial charge in [-0.2, -0.15) is 0 Å². The maximum atomic E-state index is 12.9. The monoisotopic (exact) mass is 545 g/mol. The lowest BCUT2D eigenvalue weighted by molar-refractivity contribution is -0.386. The van der Waals surface area contributed by atoms with Crippen LogP contribution in [-0.2, 0) is 22.7 Å². The number of imide groups is 1. The van der Waals surface area contributed by atoms with E-state index in [-0.39, 0.29) is 47.4 Å². The summed E-state index contributed by atoms with van der Waals surface area (Å²) in [6, 6.07) is 10.9. The first-order valence-corrected chi connectivity index (χ1v) is 11.3. The summed E-state index contributed by atoms with van der Waals surface area (Å²) in [5.41, 5.74) is 0.221. The minimum Gasteiger partial charge on any atom is -0.481 e. The maximum Gasteiger partial charge on any atom is 0.373 e. The Balaban J connectivity index is 1.60. The zero-order chi connectivity index (χ0) is 26.7. The number of hydrogen-bond acceptors (Lipinski definition) is 8. The van der Waals surface area contributed by atoms with Gasteiger partial charge in [0.05, 0.1) is 18.6 Å². The number of para-hydroxylation sites is 1. The summed E-state index contributed by atoms with van der Waals surface area (Å²) in [7, 11) is 1.19. The van der Waals surface area contributed by atoms with Gasteiger partial charge in [0.2, 0.25) is 11.5 Å². The normalized spacial score (nSPS) is 14.1. The number of benzene rings is 2. The highest BCUT2D eigenvalue weighted by molar-refractivity contribution is 6.35. The number of carbonyl (C=O) groups is 3. The summed E-state index contributed by atoms with van der Waals surface area (Å²) in [4.78, 5) is 48.9. The molecular weight excluding hydrogens is 529 g/mol. The summed E-state index contributed by atoms with van der Waals surface area (Å²) in [5.74, 6) is -1.45. The van der Waals surface area contributed by atoms with Crippen LogP contribution in [0.2, 0.25) is 10.0 Å². The van der Waals surface area contributed by atoms with Gasteiger partial charge >= 0.3 is 17.7 Å². The van der Waals surface area contributed by atoms with Crippen LogP contribution >= 0.6 is 23.2 Å². The topological polar surface area (TPSA) is 141 Å². The molecule has 4 rings (SSSR count). The molecule has 2 heterocycles. The molecule has 1 aromatic heterocycles. The number of hydrogen-bond donors (Lipinski definition) is 1. The van der Waals surface area contributed by atoms with Crippen molar-refractivity contribution in [3.05, 3.63) is 97.0 Å². The average Bonchev–Trinajstić information content (AvgIpc) is 3.44. The molecule has 0 bridgehead atoms. The number of ether oxygens (including phenoxy) is 2. The summed E-state index contributed by atoms with van der Waals surface area (Å²) < 4.78 is 15.6. The lowest BCUT2D eigenvalue weighted by atomic mass is 10.1. The van der Waals surface area contributed by atoms with Gasteiger partial charge in [-0.3, -0.25) is 19.8 Å². The summed E-state index contributed by atoms with van der Waals surface area (Å²) in [5, 5.41) is 14.8. The molecule has 0 saturated carbocycles. The SMILES string of the molecule is COC(=O)c1ccc(CN2C(=O)N/C(=C\c3cccc([N+](=O)[O-])c3OCc3ccc(Cl)cc3Cl)C2=O)o1. The average molecular weight is 546 g/mol. The largest absolute Gasteiger partial charge is 0.481 e. The third kappa shape index (κ3) is 5.57. The van der Waals surface area contributed by atoms with Crippen molar-refractivity contribution in [1.29, 1.82) is 0 Å². The minimum atomic E-state index is -0.742. The first-order valence-electron chi connectivity index (χ1n) is 10.5. The van der Waals surface area contributed by atoms with Crippen molar-refractivity contribution < 1.29 is 33.2 Å². The van der Waals surface area contributed by atoms with Crippen LogP contribution in [0.25, 0.3) is 6.08 Å². The number of amides is 3. The number of rotatable bonds is 8. The molecule has 0 aliphatic carbocycles. The Morgan fingerprint density at radius 2 is 1.97 bits per heavy atom. The molecule has 1 aliphatic heterocycles. The molecule has 0 unspecified atom stereocenters. The molecule has 1 aliphatic rings. The van der Waals surface area contributed by atoms with Gasteiger partial charge in [0.1, 0.15) is 18.1 Å². The number of esters is 1. The number of carbonyl (C=O) groups excluding carboxylic acids is 3. The lowest BCUT2D eigenvalue weighted by Crippen LogP contribution is -2.30. The number of nitro groups is 1. The van der Waals surface area contributed by atoms with E-state index < -0.39 is 22.8 Å². The Bertz CT molecular complexity index is 1450. The van der Waals surface area contributed by atoms with E-state index in [1.807, 2.05) is 0 Å². The molecule has 0 radical (unpaired) electrons. The van der Waals surface area contributed by atoms with Crippen molar-refractivity contribution in [3.8, 4) is 5.75 Å². The highest BCUT2D eigenvalue weighted by Crippen LogP contribution is 2.34. The number of nitrogens with one attached hydrogen (secondary N) is 1. The Kier molecular flexibility index (Phi) is 7.46. The van der Waals surface area contributed by atoms with Crippen molar-refractivity contribution in [2.24, 2.45) is 0 Å².